The number of ether oxygens (including phenoxy) is 1. The van der Waals surface area contributed by atoms with Crippen molar-refractivity contribution in [3.8, 4) is 5.75 Å². The molecule has 1 heterocycles. The summed E-state index contributed by atoms with van der Waals surface area (Å²) in [6.45, 7) is 0. The topological polar surface area (TPSA) is 63.6 Å². The Morgan fingerprint density at radius 1 is 1.28 bits per heavy atom. The van der Waals surface area contributed by atoms with Gasteiger partial charge in [0.25, 0.3) is 5.91 Å². The molecule has 0 radical (unpaired) electrons. The monoisotopic (exact) mass is 357 g/mol. The Bertz CT molecular complexity index is 976. The van der Waals surface area contributed by atoms with Gasteiger partial charge in [0, 0.05) is 10.9 Å². The second kappa shape index (κ2) is 7.27. The predicted octanol–water partition coefficient (Wildman–Crippen LogP) is 3.80. The fourth-order valence-corrected chi connectivity index (χ4v) is 2.43. The van der Waals surface area contributed by atoms with Crippen molar-refractivity contribution in [2.45, 2.75) is 0 Å². The second-order valence-electron chi connectivity index (χ2n) is 5.11. The van der Waals surface area contributed by atoms with Gasteiger partial charge in [0.15, 0.2) is 0 Å². The third-order valence-electron chi connectivity index (χ3n) is 3.49. The van der Waals surface area contributed by atoms with Crippen LogP contribution >= 0.6 is 11.6 Å². The summed E-state index contributed by atoms with van der Waals surface area (Å²) in [5.41, 5.74) is 3.39. The van der Waals surface area contributed by atoms with Crippen LogP contribution in [0.15, 0.2) is 53.6 Å². The summed E-state index contributed by atoms with van der Waals surface area (Å²) in [4.78, 5) is 16.2. The molecular formula is C18H13ClFN3O2. The van der Waals surface area contributed by atoms with Gasteiger partial charge in [-0.2, -0.15) is 5.10 Å². The third kappa shape index (κ3) is 3.75. The molecule has 0 atom stereocenters. The first-order valence-electron chi connectivity index (χ1n) is 7.30. The number of pyridine rings is 1. The molecule has 3 aromatic rings. The molecule has 1 aromatic heterocycles. The fourth-order valence-electron chi connectivity index (χ4n) is 2.23. The first-order valence-corrected chi connectivity index (χ1v) is 7.68. The number of rotatable bonds is 4. The number of aromatic nitrogens is 1. The van der Waals surface area contributed by atoms with Gasteiger partial charge in [-0.25, -0.2) is 14.8 Å². The Labute approximate surface area is 148 Å². The maximum atomic E-state index is 13.5. The van der Waals surface area contributed by atoms with E-state index in [1.165, 1.54) is 24.4 Å². The molecule has 126 valence electrons. The highest BCUT2D eigenvalue weighted by Gasteiger charge is 2.09. The first-order chi connectivity index (χ1) is 12.1. The normalized spacial score (nSPS) is 11.0. The minimum absolute atomic E-state index is 0.0906. The number of nitrogens with one attached hydrogen (secondary N) is 1. The zero-order valence-corrected chi connectivity index (χ0v) is 13.9. The number of carbonyl (C=O) groups is 1. The lowest BCUT2D eigenvalue weighted by Gasteiger charge is -2.05. The van der Waals surface area contributed by atoms with Crippen molar-refractivity contribution in [2.75, 3.05) is 7.11 Å². The van der Waals surface area contributed by atoms with Crippen LogP contribution in [0.3, 0.4) is 0 Å². The molecule has 25 heavy (non-hydrogen) atoms. The Morgan fingerprint density at radius 2 is 2.08 bits per heavy atom. The molecule has 0 unspecified atom stereocenters. The summed E-state index contributed by atoms with van der Waals surface area (Å²) in [6.07, 6.45) is 1.35. The standard InChI is InChI=1S/C18H13ClFN3O2/c1-25-13-6-7-16-11(9-13)8-12(17(19)22-16)10-21-23-18(24)14-4-2-3-5-15(14)20/h2-10H,1H3,(H,23,24)/b21-10-. The number of hydrogen-bond acceptors (Lipinski definition) is 4. The summed E-state index contributed by atoms with van der Waals surface area (Å²) in [5.74, 6) is -0.582. The summed E-state index contributed by atoms with van der Waals surface area (Å²) >= 11 is 6.13. The van der Waals surface area contributed by atoms with E-state index in [-0.39, 0.29) is 10.7 Å². The van der Waals surface area contributed by atoms with Crippen molar-refractivity contribution >= 4 is 34.6 Å². The zero-order chi connectivity index (χ0) is 17.8. The van der Waals surface area contributed by atoms with Gasteiger partial charge >= 0.3 is 0 Å². The van der Waals surface area contributed by atoms with Crippen LogP contribution in [0, 0.1) is 5.82 Å². The fraction of sp³-hybridized carbons (Fsp3) is 0.0556. The Hall–Kier alpha value is -2.99. The number of hydrogen-bond donors (Lipinski definition) is 1. The highest BCUT2D eigenvalue weighted by Crippen LogP contribution is 2.23. The molecule has 5 nitrogen and oxygen atoms in total. The second-order valence-corrected chi connectivity index (χ2v) is 5.46. The molecular weight excluding hydrogens is 345 g/mol. The van der Waals surface area contributed by atoms with Gasteiger partial charge in [-0.1, -0.05) is 23.7 Å². The first kappa shape index (κ1) is 16.9. The van der Waals surface area contributed by atoms with E-state index in [0.717, 1.165) is 5.39 Å². The summed E-state index contributed by atoms with van der Waals surface area (Å²) in [5, 5.41) is 4.87. The molecule has 0 bridgehead atoms. The number of nitrogens with zero attached hydrogens (tertiary/aromatic N) is 2. The molecule has 3 rings (SSSR count). The number of halogens is 2. The molecule has 1 amide bonds. The Kier molecular flexibility index (Phi) is 4.90. The molecule has 0 saturated heterocycles. The molecule has 0 saturated carbocycles. The van der Waals surface area contributed by atoms with Crippen LogP contribution in [0.5, 0.6) is 5.75 Å². The van der Waals surface area contributed by atoms with Gasteiger partial charge in [0.2, 0.25) is 0 Å². The van der Waals surface area contributed by atoms with E-state index in [2.05, 4.69) is 15.5 Å². The summed E-state index contributed by atoms with van der Waals surface area (Å²) in [6, 6.07) is 12.8. The molecule has 0 fully saturated rings. The maximum absolute atomic E-state index is 13.5. The van der Waals surface area contributed by atoms with Crippen LogP contribution in [0.25, 0.3) is 10.9 Å². The smallest absolute Gasteiger partial charge is 0.274 e. The van der Waals surface area contributed by atoms with Crippen molar-refractivity contribution in [2.24, 2.45) is 5.10 Å². The van der Waals surface area contributed by atoms with Crippen LogP contribution < -0.4 is 10.2 Å². The molecule has 0 aliphatic carbocycles. The quantitative estimate of drug-likeness (QED) is 0.439. The van der Waals surface area contributed by atoms with Gasteiger partial charge in [0.1, 0.15) is 16.7 Å². The lowest BCUT2D eigenvalue weighted by Crippen LogP contribution is -2.19. The van der Waals surface area contributed by atoms with Crippen LogP contribution in [0.1, 0.15) is 15.9 Å². The van der Waals surface area contributed by atoms with E-state index in [1.54, 1.807) is 31.4 Å². The maximum Gasteiger partial charge on any atom is 0.274 e. The van der Waals surface area contributed by atoms with Crippen molar-refractivity contribution in [3.63, 3.8) is 0 Å². The number of benzene rings is 2. The zero-order valence-electron chi connectivity index (χ0n) is 13.2. The van der Waals surface area contributed by atoms with E-state index in [0.29, 0.717) is 16.8 Å². The number of fused-ring (bicyclic) bond motifs is 1. The Balaban J connectivity index is 1.82. The van der Waals surface area contributed by atoms with Crippen molar-refractivity contribution < 1.29 is 13.9 Å². The SMILES string of the molecule is COc1ccc2nc(Cl)c(/C=N\NC(=O)c3ccccc3F)cc2c1. The molecule has 0 spiro atoms. The van der Waals surface area contributed by atoms with Gasteiger partial charge in [0.05, 0.1) is 24.4 Å². The predicted molar refractivity (Wildman–Crippen MR) is 94.8 cm³/mol. The largest absolute Gasteiger partial charge is 0.497 e. The molecule has 7 heteroatoms. The lowest BCUT2D eigenvalue weighted by molar-refractivity contribution is 0.0951. The van der Waals surface area contributed by atoms with Crippen LogP contribution in [0.4, 0.5) is 4.39 Å². The van der Waals surface area contributed by atoms with Gasteiger partial charge in [-0.3, -0.25) is 4.79 Å². The van der Waals surface area contributed by atoms with Crippen molar-refractivity contribution in [1.29, 1.82) is 0 Å². The van der Waals surface area contributed by atoms with Crippen LogP contribution in [0.2, 0.25) is 5.15 Å². The highest BCUT2D eigenvalue weighted by atomic mass is 35.5. The van der Waals surface area contributed by atoms with E-state index < -0.39 is 11.7 Å². The summed E-state index contributed by atoms with van der Waals surface area (Å²) in [7, 11) is 1.57. The Morgan fingerprint density at radius 3 is 2.84 bits per heavy atom. The van der Waals surface area contributed by atoms with E-state index in [4.69, 9.17) is 16.3 Å². The molecule has 2 aromatic carbocycles. The average molecular weight is 358 g/mol. The van der Waals surface area contributed by atoms with E-state index in [9.17, 15) is 9.18 Å². The highest BCUT2D eigenvalue weighted by molar-refractivity contribution is 6.32. The molecule has 0 aliphatic heterocycles. The lowest BCUT2D eigenvalue weighted by atomic mass is 10.1. The van der Waals surface area contributed by atoms with Gasteiger partial charge in [-0.15, -0.1) is 0 Å². The number of hydrazone groups is 1. The van der Waals surface area contributed by atoms with Crippen LogP contribution in [-0.2, 0) is 0 Å². The van der Waals surface area contributed by atoms with Gasteiger partial charge in [-0.05, 0) is 36.4 Å². The molecule has 1 N–H and O–H groups in total. The third-order valence-corrected chi connectivity index (χ3v) is 3.79. The number of amides is 1. The van der Waals surface area contributed by atoms with Gasteiger partial charge < -0.3 is 4.74 Å². The van der Waals surface area contributed by atoms with E-state index >= 15 is 0 Å². The number of methoxy groups -OCH3 is 1. The van der Waals surface area contributed by atoms with Crippen molar-refractivity contribution in [3.05, 3.63) is 70.6 Å². The average Bonchev–Trinajstić information content (AvgIpc) is 2.62. The minimum atomic E-state index is -0.652. The van der Waals surface area contributed by atoms with Crippen molar-refractivity contribution in [1.82, 2.24) is 10.4 Å². The van der Waals surface area contributed by atoms with E-state index in [1.807, 2.05) is 6.07 Å². The molecule has 0 aliphatic rings. The number of carbonyl (C=O) groups excluding carboxylic acids is 1. The summed E-state index contributed by atoms with van der Waals surface area (Å²) < 4.78 is 18.7. The minimum Gasteiger partial charge on any atom is -0.497 e. The van der Waals surface area contributed by atoms with Crippen LogP contribution in [-0.4, -0.2) is 24.2 Å².